The second-order valence-corrected chi connectivity index (χ2v) is 4.91. The van der Waals surface area contributed by atoms with Crippen LogP contribution >= 0.6 is 0 Å². The normalized spacial score (nSPS) is 46.0. The van der Waals surface area contributed by atoms with Crippen LogP contribution in [0.5, 0.6) is 0 Å². The molecule has 106 valence electrons. The maximum atomic E-state index is 9.78. The zero-order chi connectivity index (χ0) is 13.1. The summed E-state index contributed by atoms with van der Waals surface area (Å²) in [5, 5.41) is 41.0. The fourth-order valence-corrected chi connectivity index (χ4v) is 2.32. The second kappa shape index (κ2) is 6.25. The second-order valence-electron chi connectivity index (χ2n) is 4.91. The lowest BCUT2D eigenvalue weighted by molar-refractivity contribution is -0.286. The summed E-state index contributed by atoms with van der Waals surface area (Å²) in [6, 6.07) is 0. The molecule has 0 radical (unpaired) electrons. The minimum absolute atomic E-state index is 0.184. The Kier molecular flexibility index (Phi) is 4.91. The molecule has 0 amide bonds. The summed E-state index contributed by atoms with van der Waals surface area (Å²) in [5.41, 5.74) is 0. The minimum Gasteiger partial charge on any atom is -0.394 e. The smallest absolute Gasteiger partial charge is 0.186 e. The van der Waals surface area contributed by atoms with Crippen molar-refractivity contribution in [3.8, 4) is 0 Å². The van der Waals surface area contributed by atoms with Crippen LogP contribution in [0.15, 0.2) is 0 Å². The number of hydrogen-bond acceptors (Lipinski definition) is 7. The largest absolute Gasteiger partial charge is 0.394 e. The molecule has 2 saturated heterocycles. The highest BCUT2D eigenvalue weighted by atomic mass is 16.7. The number of hydrogen-bond donors (Lipinski definition) is 5. The van der Waals surface area contributed by atoms with Gasteiger partial charge >= 0.3 is 0 Å². The van der Waals surface area contributed by atoms with Crippen LogP contribution in [0, 0.1) is 0 Å². The molecule has 5 N–H and O–H groups in total. The predicted molar refractivity (Wildman–Crippen MR) is 60.7 cm³/mol. The molecule has 6 atom stereocenters. The average Bonchev–Trinajstić information content (AvgIpc) is 2.34. The highest BCUT2D eigenvalue weighted by Crippen LogP contribution is 2.23. The van der Waals surface area contributed by atoms with Gasteiger partial charge in [-0.1, -0.05) is 0 Å². The molecule has 0 aromatic rings. The van der Waals surface area contributed by atoms with E-state index in [4.69, 9.17) is 14.6 Å². The van der Waals surface area contributed by atoms with Crippen LogP contribution in [0.25, 0.3) is 0 Å². The first kappa shape index (κ1) is 14.1. The standard InChI is InChI=1S/C11H21NO6/c13-5-8-2-9(15)10(16)11(18-8)17-7-1-6(14)3-12-4-7/h6-16H,1-5H2/t6-,7+,8+,9+,10-,11-/m0/s1. The highest BCUT2D eigenvalue weighted by Gasteiger charge is 2.39. The molecule has 2 aliphatic rings. The van der Waals surface area contributed by atoms with Crippen LogP contribution in [0.2, 0.25) is 0 Å². The van der Waals surface area contributed by atoms with Gasteiger partial charge in [0, 0.05) is 25.9 Å². The predicted octanol–water partition coefficient (Wildman–Crippen LogP) is -2.45. The average molecular weight is 263 g/mol. The van der Waals surface area contributed by atoms with E-state index in [1.807, 2.05) is 0 Å². The quantitative estimate of drug-likeness (QED) is 0.384. The third-order valence-corrected chi connectivity index (χ3v) is 3.32. The third-order valence-electron chi connectivity index (χ3n) is 3.32. The number of aliphatic hydroxyl groups is 4. The molecule has 0 aromatic carbocycles. The molecule has 0 unspecified atom stereocenters. The molecule has 0 bridgehead atoms. The fraction of sp³-hybridized carbons (Fsp3) is 1.00. The van der Waals surface area contributed by atoms with Crippen molar-refractivity contribution in [2.24, 2.45) is 0 Å². The Labute approximate surface area is 105 Å². The number of aliphatic hydroxyl groups excluding tert-OH is 4. The number of β-amino-alcohol motifs (C(OH)–C–C–N with tert-alkyl or cyclic N) is 1. The van der Waals surface area contributed by atoms with Crippen LogP contribution in [0.3, 0.4) is 0 Å². The first-order chi connectivity index (χ1) is 8.60. The molecular formula is C11H21NO6. The van der Waals surface area contributed by atoms with Crippen molar-refractivity contribution in [1.29, 1.82) is 0 Å². The monoisotopic (exact) mass is 263 g/mol. The Morgan fingerprint density at radius 2 is 1.94 bits per heavy atom. The molecule has 0 aromatic heterocycles. The summed E-state index contributed by atoms with van der Waals surface area (Å²) in [6.07, 6.45) is -3.73. The van der Waals surface area contributed by atoms with E-state index in [0.717, 1.165) is 0 Å². The van der Waals surface area contributed by atoms with E-state index in [-0.39, 0.29) is 19.1 Å². The van der Waals surface area contributed by atoms with Crippen molar-refractivity contribution in [1.82, 2.24) is 5.32 Å². The molecule has 0 saturated carbocycles. The summed E-state index contributed by atoms with van der Waals surface area (Å²) in [7, 11) is 0. The van der Waals surface area contributed by atoms with Gasteiger partial charge in [-0.25, -0.2) is 0 Å². The van der Waals surface area contributed by atoms with Crippen molar-refractivity contribution in [2.75, 3.05) is 19.7 Å². The summed E-state index contributed by atoms with van der Waals surface area (Å²) >= 11 is 0. The van der Waals surface area contributed by atoms with E-state index in [1.54, 1.807) is 0 Å². The molecule has 2 aliphatic heterocycles. The molecular weight excluding hydrogens is 242 g/mol. The van der Waals surface area contributed by atoms with Gasteiger partial charge in [0.15, 0.2) is 6.29 Å². The molecule has 2 fully saturated rings. The van der Waals surface area contributed by atoms with Gasteiger partial charge in [0.1, 0.15) is 6.10 Å². The van der Waals surface area contributed by atoms with E-state index >= 15 is 0 Å². The van der Waals surface area contributed by atoms with Crippen molar-refractivity contribution in [3.63, 3.8) is 0 Å². The van der Waals surface area contributed by atoms with E-state index < -0.39 is 30.7 Å². The summed E-state index contributed by atoms with van der Waals surface area (Å²) in [6.45, 7) is 0.856. The van der Waals surface area contributed by atoms with Crippen LogP contribution in [-0.2, 0) is 9.47 Å². The van der Waals surface area contributed by atoms with Crippen LogP contribution < -0.4 is 5.32 Å². The van der Waals surface area contributed by atoms with Gasteiger partial charge < -0.3 is 35.2 Å². The summed E-state index contributed by atoms with van der Waals surface area (Å²) < 4.78 is 10.9. The van der Waals surface area contributed by atoms with Gasteiger partial charge in [0.2, 0.25) is 0 Å². The number of ether oxygens (including phenoxy) is 2. The van der Waals surface area contributed by atoms with Gasteiger partial charge in [-0.05, 0) is 0 Å². The van der Waals surface area contributed by atoms with Gasteiger partial charge in [0.25, 0.3) is 0 Å². The Bertz CT molecular complexity index is 266. The molecule has 0 spiro atoms. The molecule has 2 rings (SSSR count). The van der Waals surface area contributed by atoms with Crippen molar-refractivity contribution >= 4 is 0 Å². The molecule has 0 aliphatic carbocycles. The van der Waals surface area contributed by atoms with Crippen molar-refractivity contribution < 1.29 is 29.9 Å². The summed E-state index contributed by atoms with van der Waals surface area (Å²) in [4.78, 5) is 0. The molecule has 7 heteroatoms. The SMILES string of the molecule is OC[C@H]1C[C@@H](O)[C@H](O)[C@@H](O[C@H]2CNC[C@@H](O)C2)O1. The van der Waals surface area contributed by atoms with E-state index in [9.17, 15) is 15.3 Å². The Balaban J connectivity index is 1.89. The Morgan fingerprint density at radius 3 is 2.61 bits per heavy atom. The zero-order valence-corrected chi connectivity index (χ0v) is 10.1. The van der Waals surface area contributed by atoms with Gasteiger partial charge in [-0.3, -0.25) is 0 Å². The topological polar surface area (TPSA) is 111 Å². The van der Waals surface area contributed by atoms with Gasteiger partial charge in [-0.2, -0.15) is 0 Å². The van der Waals surface area contributed by atoms with Gasteiger partial charge in [-0.15, -0.1) is 0 Å². The van der Waals surface area contributed by atoms with Crippen molar-refractivity contribution in [3.05, 3.63) is 0 Å². The zero-order valence-electron chi connectivity index (χ0n) is 10.1. The van der Waals surface area contributed by atoms with Crippen molar-refractivity contribution in [2.45, 2.75) is 49.7 Å². The first-order valence-electron chi connectivity index (χ1n) is 6.27. The van der Waals surface area contributed by atoms with Gasteiger partial charge in [0.05, 0.1) is 31.0 Å². The van der Waals surface area contributed by atoms with E-state index in [2.05, 4.69) is 5.32 Å². The fourth-order valence-electron chi connectivity index (χ4n) is 2.32. The lowest BCUT2D eigenvalue weighted by Crippen LogP contribution is -2.53. The van der Waals surface area contributed by atoms with E-state index in [1.165, 1.54) is 0 Å². The first-order valence-corrected chi connectivity index (χ1v) is 6.27. The molecule has 7 nitrogen and oxygen atoms in total. The maximum absolute atomic E-state index is 9.78. The van der Waals surface area contributed by atoms with Crippen LogP contribution in [0.1, 0.15) is 12.8 Å². The number of piperidine rings is 1. The Morgan fingerprint density at radius 1 is 1.17 bits per heavy atom. The number of rotatable bonds is 3. The van der Waals surface area contributed by atoms with Crippen LogP contribution in [-0.4, -0.2) is 76.9 Å². The minimum atomic E-state index is -1.13. The molecule has 2 heterocycles. The van der Waals surface area contributed by atoms with Crippen LogP contribution in [0.4, 0.5) is 0 Å². The highest BCUT2D eigenvalue weighted by molar-refractivity contribution is 4.83. The molecule has 18 heavy (non-hydrogen) atoms. The van der Waals surface area contributed by atoms with E-state index in [0.29, 0.717) is 19.5 Å². The Hall–Kier alpha value is -0.280. The lowest BCUT2D eigenvalue weighted by atomic mass is 10.0. The lowest BCUT2D eigenvalue weighted by Gasteiger charge is -2.39. The maximum Gasteiger partial charge on any atom is 0.186 e. The third kappa shape index (κ3) is 3.39. The summed E-state index contributed by atoms with van der Waals surface area (Å²) in [5.74, 6) is 0. The number of nitrogens with one attached hydrogen (secondary N) is 1.